The second-order valence-electron chi connectivity index (χ2n) is 4.70. The average Bonchev–Trinajstić information content (AvgIpc) is 2.90. The number of allylic oxidation sites excluding steroid dienone is 1. The van der Waals surface area contributed by atoms with Gasteiger partial charge in [0.25, 0.3) is 0 Å². The van der Waals surface area contributed by atoms with Gasteiger partial charge in [-0.1, -0.05) is 40.2 Å². The summed E-state index contributed by atoms with van der Waals surface area (Å²) in [7, 11) is 0. The molecule has 3 rings (SSSR count). The highest BCUT2D eigenvalue weighted by atomic mass is 79.9. The van der Waals surface area contributed by atoms with Crippen molar-refractivity contribution in [3.8, 4) is 6.07 Å². The third kappa shape index (κ3) is 3.04. The Bertz CT molecular complexity index is 856. The first-order valence-corrected chi connectivity index (χ1v) is 7.32. The molecule has 21 heavy (non-hydrogen) atoms. The summed E-state index contributed by atoms with van der Waals surface area (Å²) in [5, 5.41) is 9.36. The number of aromatic nitrogens is 2. The maximum absolute atomic E-state index is 9.36. The maximum Gasteiger partial charge on any atom is 0.0966 e. The van der Waals surface area contributed by atoms with Crippen molar-refractivity contribution in [2.75, 3.05) is 0 Å². The van der Waals surface area contributed by atoms with Gasteiger partial charge in [0.2, 0.25) is 0 Å². The average molecular weight is 338 g/mol. The molecule has 102 valence electrons. The molecule has 0 unspecified atom stereocenters. The van der Waals surface area contributed by atoms with Gasteiger partial charge in [0.1, 0.15) is 0 Å². The third-order valence-electron chi connectivity index (χ3n) is 3.20. The van der Waals surface area contributed by atoms with E-state index >= 15 is 0 Å². The Morgan fingerprint density at radius 1 is 1.24 bits per heavy atom. The van der Waals surface area contributed by atoms with Gasteiger partial charge in [-0.2, -0.15) is 5.26 Å². The van der Waals surface area contributed by atoms with E-state index in [4.69, 9.17) is 0 Å². The van der Waals surface area contributed by atoms with Crippen LogP contribution >= 0.6 is 15.9 Å². The molecule has 1 heterocycles. The molecule has 3 aromatic rings. The molecule has 2 aromatic carbocycles. The highest BCUT2D eigenvalue weighted by Gasteiger charge is 2.04. The zero-order valence-electron chi connectivity index (χ0n) is 11.2. The van der Waals surface area contributed by atoms with Gasteiger partial charge in [0.15, 0.2) is 0 Å². The van der Waals surface area contributed by atoms with Gasteiger partial charge >= 0.3 is 0 Å². The van der Waals surface area contributed by atoms with Crippen molar-refractivity contribution in [2.45, 2.75) is 6.54 Å². The number of halogens is 1. The fourth-order valence-electron chi connectivity index (χ4n) is 2.23. The Hall–Kier alpha value is -2.38. The molecule has 0 N–H and O–H groups in total. The normalized spacial score (nSPS) is 11.5. The number of rotatable bonds is 3. The van der Waals surface area contributed by atoms with Gasteiger partial charge in [0, 0.05) is 10.0 Å². The fourth-order valence-corrected chi connectivity index (χ4v) is 2.65. The first kappa shape index (κ1) is 13.6. The van der Waals surface area contributed by atoms with Crippen molar-refractivity contribution < 1.29 is 0 Å². The van der Waals surface area contributed by atoms with Gasteiger partial charge in [-0.25, -0.2) is 4.98 Å². The van der Waals surface area contributed by atoms with Crippen molar-refractivity contribution in [2.24, 2.45) is 0 Å². The number of nitriles is 1. The van der Waals surface area contributed by atoms with Crippen LogP contribution in [0.4, 0.5) is 0 Å². The summed E-state index contributed by atoms with van der Waals surface area (Å²) in [6.07, 6.45) is 3.68. The van der Waals surface area contributed by atoms with E-state index in [-0.39, 0.29) is 0 Å². The van der Waals surface area contributed by atoms with Crippen LogP contribution in [0.3, 0.4) is 0 Å². The van der Waals surface area contributed by atoms with E-state index in [0.29, 0.717) is 12.1 Å². The molecule has 0 bridgehead atoms. The maximum atomic E-state index is 9.36. The minimum atomic E-state index is 0.517. The monoisotopic (exact) mass is 337 g/mol. The molecule has 0 saturated heterocycles. The number of para-hydroxylation sites is 2. The summed E-state index contributed by atoms with van der Waals surface area (Å²) in [6.45, 7) is 0.517. The second-order valence-corrected chi connectivity index (χ2v) is 5.61. The first-order valence-electron chi connectivity index (χ1n) is 6.52. The molecule has 1 aromatic heterocycles. The number of benzene rings is 2. The minimum Gasteiger partial charge on any atom is -0.325 e. The summed E-state index contributed by atoms with van der Waals surface area (Å²) in [5.41, 5.74) is 3.67. The number of hydrogen-bond acceptors (Lipinski definition) is 2. The molecule has 0 spiro atoms. The molecule has 0 radical (unpaired) electrons. The van der Waals surface area contributed by atoms with E-state index in [0.717, 1.165) is 21.1 Å². The molecule has 0 saturated carbocycles. The standard InChI is InChI=1S/C17H12BrN3/c18-15-5-3-4-13(9-15)8-14(10-19)11-21-12-20-16-6-1-2-7-17(16)21/h1-9,12H,11H2/b14-8-. The van der Waals surface area contributed by atoms with Crippen LogP contribution in [0, 0.1) is 11.3 Å². The molecule has 0 fully saturated rings. The summed E-state index contributed by atoms with van der Waals surface area (Å²) in [6, 6.07) is 18.1. The summed E-state index contributed by atoms with van der Waals surface area (Å²) in [5.74, 6) is 0. The van der Waals surface area contributed by atoms with Gasteiger partial charge < -0.3 is 4.57 Å². The van der Waals surface area contributed by atoms with Crippen LogP contribution in [0.5, 0.6) is 0 Å². The smallest absolute Gasteiger partial charge is 0.0966 e. The molecular formula is C17H12BrN3. The van der Waals surface area contributed by atoms with Crippen molar-refractivity contribution in [3.63, 3.8) is 0 Å². The minimum absolute atomic E-state index is 0.517. The predicted molar refractivity (Wildman–Crippen MR) is 87.5 cm³/mol. The Morgan fingerprint density at radius 3 is 2.90 bits per heavy atom. The quantitative estimate of drug-likeness (QED) is 0.664. The zero-order chi connectivity index (χ0) is 14.7. The lowest BCUT2D eigenvalue weighted by Gasteiger charge is -2.03. The van der Waals surface area contributed by atoms with Crippen LogP contribution in [0.25, 0.3) is 17.1 Å². The van der Waals surface area contributed by atoms with E-state index in [1.807, 2.05) is 59.2 Å². The molecule has 0 aliphatic rings. The largest absolute Gasteiger partial charge is 0.325 e. The van der Waals surface area contributed by atoms with E-state index in [9.17, 15) is 5.26 Å². The molecule has 3 nitrogen and oxygen atoms in total. The van der Waals surface area contributed by atoms with Crippen LogP contribution in [-0.4, -0.2) is 9.55 Å². The lowest BCUT2D eigenvalue weighted by molar-refractivity contribution is 0.830. The van der Waals surface area contributed by atoms with Crippen LogP contribution in [0.15, 0.2) is 64.9 Å². The summed E-state index contributed by atoms with van der Waals surface area (Å²) >= 11 is 3.44. The predicted octanol–water partition coefficient (Wildman–Crippen LogP) is 4.41. The van der Waals surface area contributed by atoms with Crippen molar-refractivity contribution in [1.82, 2.24) is 9.55 Å². The van der Waals surface area contributed by atoms with E-state index in [2.05, 4.69) is 27.0 Å². The third-order valence-corrected chi connectivity index (χ3v) is 3.69. The Kier molecular flexibility index (Phi) is 3.85. The van der Waals surface area contributed by atoms with E-state index < -0.39 is 0 Å². The summed E-state index contributed by atoms with van der Waals surface area (Å²) in [4.78, 5) is 4.35. The molecule has 0 aliphatic heterocycles. The highest BCUT2D eigenvalue weighted by Crippen LogP contribution is 2.17. The molecule has 0 atom stereocenters. The SMILES string of the molecule is N#C/C(=C/c1cccc(Br)c1)Cn1cnc2ccccc21. The van der Waals surface area contributed by atoms with E-state index in [1.165, 1.54) is 0 Å². The topological polar surface area (TPSA) is 41.6 Å². The van der Waals surface area contributed by atoms with Crippen LogP contribution < -0.4 is 0 Å². The van der Waals surface area contributed by atoms with Crippen molar-refractivity contribution in [1.29, 1.82) is 5.26 Å². The van der Waals surface area contributed by atoms with Gasteiger partial charge in [-0.3, -0.25) is 0 Å². The lowest BCUT2D eigenvalue weighted by Crippen LogP contribution is -1.98. The van der Waals surface area contributed by atoms with Crippen molar-refractivity contribution >= 4 is 33.0 Å². The van der Waals surface area contributed by atoms with Gasteiger partial charge in [-0.15, -0.1) is 0 Å². The number of hydrogen-bond donors (Lipinski definition) is 0. The van der Waals surface area contributed by atoms with Crippen LogP contribution in [0.1, 0.15) is 5.56 Å². The van der Waals surface area contributed by atoms with Crippen LogP contribution in [-0.2, 0) is 6.54 Å². The van der Waals surface area contributed by atoms with Crippen LogP contribution in [0.2, 0.25) is 0 Å². The molecule has 0 aliphatic carbocycles. The number of nitrogens with zero attached hydrogens (tertiary/aromatic N) is 3. The Labute approximate surface area is 131 Å². The van der Waals surface area contributed by atoms with Gasteiger partial charge in [-0.05, 0) is 35.9 Å². The number of fused-ring (bicyclic) bond motifs is 1. The first-order chi connectivity index (χ1) is 10.3. The molecular weight excluding hydrogens is 326 g/mol. The molecule has 0 amide bonds. The highest BCUT2D eigenvalue weighted by molar-refractivity contribution is 9.10. The van der Waals surface area contributed by atoms with Crippen molar-refractivity contribution in [3.05, 3.63) is 70.5 Å². The lowest BCUT2D eigenvalue weighted by atomic mass is 10.1. The zero-order valence-corrected chi connectivity index (χ0v) is 12.8. The Balaban J connectivity index is 1.93. The second kappa shape index (κ2) is 5.94. The molecule has 4 heteroatoms. The van der Waals surface area contributed by atoms with Gasteiger partial charge in [0.05, 0.1) is 30.0 Å². The Morgan fingerprint density at radius 2 is 2.10 bits per heavy atom. The van der Waals surface area contributed by atoms with E-state index in [1.54, 1.807) is 6.33 Å². The number of imidazole rings is 1. The summed E-state index contributed by atoms with van der Waals surface area (Å²) < 4.78 is 2.99. The fraction of sp³-hybridized carbons (Fsp3) is 0.0588.